The molecule has 0 heterocycles. The normalized spacial score (nSPS) is 10.3. The summed E-state index contributed by atoms with van der Waals surface area (Å²) in [5.41, 5.74) is -0.109. The minimum atomic E-state index is -1.08. The van der Waals surface area contributed by atoms with E-state index in [-0.39, 0.29) is 5.02 Å². The smallest absolute Gasteiger partial charge is 0.341 e. The molecule has 0 radical (unpaired) electrons. The Balaban J connectivity index is 1.93. The van der Waals surface area contributed by atoms with E-state index in [4.69, 9.17) is 23.2 Å². The van der Waals surface area contributed by atoms with E-state index in [1.54, 1.807) is 0 Å². The summed E-state index contributed by atoms with van der Waals surface area (Å²) in [7, 11) is 0. The summed E-state index contributed by atoms with van der Waals surface area (Å²) < 4.78 is 30.8. The zero-order valence-corrected chi connectivity index (χ0v) is 12.9. The van der Waals surface area contributed by atoms with Crippen molar-refractivity contribution in [1.29, 1.82) is 0 Å². The summed E-state index contributed by atoms with van der Waals surface area (Å²) in [5, 5.41) is 2.99. The van der Waals surface area contributed by atoms with E-state index in [2.05, 4.69) is 10.1 Å². The highest BCUT2D eigenvalue weighted by Gasteiger charge is 2.15. The summed E-state index contributed by atoms with van der Waals surface area (Å²) in [6, 6.07) is 6.81. The minimum absolute atomic E-state index is 0.245. The third-order valence-corrected chi connectivity index (χ3v) is 3.43. The molecule has 1 N–H and O–H groups in total. The van der Waals surface area contributed by atoms with Crippen LogP contribution in [-0.2, 0) is 9.53 Å². The number of halogens is 4. The van der Waals surface area contributed by atoms with Gasteiger partial charge in [0.25, 0.3) is 5.91 Å². The molecule has 8 heteroatoms. The van der Waals surface area contributed by atoms with Gasteiger partial charge in [0.1, 0.15) is 11.6 Å². The van der Waals surface area contributed by atoms with Crippen molar-refractivity contribution in [2.24, 2.45) is 0 Å². The zero-order chi connectivity index (χ0) is 17.0. The standard InChI is InChI=1S/C15H9Cl2F2NO3/c16-11-4-2-9(6-12(11)17)20-14(21)7-23-15(22)10-3-1-8(18)5-13(10)19/h1-6H,7H2,(H,20,21). The fourth-order valence-electron chi connectivity index (χ4n) is 1.63. The SMILES string of the molecule is O=C(COC(=O)c1ccc(F)cc1F)Nc1ccc(Cl)c(Cl)c1. The number of anilines is 1. The summed E-state index contributed by atoms with van der Waals surface area (Å²) in [6.45, 7) is -0.643. The Bertz CT molecular complexity index is 768. The third kappa shape index (κ3) is 4.64. The zero-order valence-electron chi connectivity index (χ0n) is 11.4. The van der Waals surface area contributed by atoms with Crippen LogP contribution < -0.4 is 5.32 Å². The molecule has 0 aliphatic heterocycles. The van der Waals surface area contributed by atoms with Gasteiger partial charge in [-0.2, -0.15) is 0 Å². The quantitative estimate of drug-likeness (QED) is 0.837. The van der Waals surface area contributed by atoms with Gasteiger partial charge in [0, 0.05) is 11.8 Å². The lowest BCUT2D eigenvalue weighted by atomic mass is 10.2. The van der Waals surface area contributed by atoms with Crippen molar-refractivity contribution < 1.29 is 23.1 Å². The Morgan fingerprint density at radius 1 is 1.04 bits per heavy atom. The molecule has 0 bridgehead atoms. The van der Waals surface area contributed by atoms with E-state index in [1.807, 2.05) is 0 Å². The highest BCUT2D eigenvalue weighted by Crippen LogP contribution is 2.24. The molecule has 0 fully saturated rings. The Morgan fingerprint density at radius 3 is 2.43 bits per heavy atom. The van der Waals surface area contributed by atoms with Crippen LogP contribution in [0.25, 0.3) is 0 Å². The lowest BCUT2D eigenvalue weighted by Crippen LogP contribution is -2.21. The van der Waals surface area contributed by atoms with E-state index in [0.717, 1.165) is 12.1 Å². The summed E-state index contributed by atoms with van der Waals surface area (Å²) in [4.78, 5) is 23.3. The van der Waals surface area contributed by atoms with Crippen LogP contribution in [0.1, 0.15) is 10.4 Å². The first-order chi connectivity index (χ1) is 10.9. The predicted molar refractivity (Wildman–Crippen MR) is 81.7 cm³/mol. The maximum Gasteiger partial charge on any atom is 0.341 e. The van der Waals surface area contributed by atoms with Crippen LogP contribution in [0, 0.1) is 11.6 Å². The predicted octanol–water partition coefficient (Wildman–Crippen LogP) is 4.07. The first-order valence-corrected chi connectivity index (χ1v) is 6.99. The minimum Gasteiger partial charge on any atom is -0.452 e. The van der Waals surface area contributed by atoms with Gasteiger partial charge >= 0.3 is 5.97 Å². The van der Waals surface area contributed by atoms with Crippen LogP contribution in [0.3, 0.4) is 0 Å². The van der Waals surface area contributed by atoms with Gasteiger partial charge in [-0.05, 0) is 30.3 Å². The molecule has 2 aromatic carbocycles. The molecule has 0 saturated heterocycles. The molecular weight excluding hydrogens is 351 g/mol. The molecule has 0 atom stereocenters. The number of esters is 1. The van der Waals surface area contributed by atoms with Gasteiger partial charge in [0.15, 0.2) is 6.61 Å². The van der Waals surface area contributed by atoms with Crippen LogP contribution in [0.4, 0.5) is 14.5 Å². The van der Waals surface area contributed by atoms with E-state index >= 15 is 0 Å². The average molecular weight is 360 g/mol. The second kappa shape index (κ2) is 7.39. The number of carbonyl (C=O) groups is 2. The number of carbonyl (C=O) groups excluding carboxylic acids is 2. The Morgan fingerprint density at radius 2 is 1.78 bits per heavy atom. The Labute approximate surface area is 140 Å². The fourth-order valence-corrected chi connectivity index (χ4v) is 1.93. The summed E-state index contributed by atoms with van der Waals surface area (Å²) in [6.07, 6.45) is 0. The van der Waals surface area contributed by atoms with Gasteiger partial charge in [-0.15, -0.1) is 0 Å². The lowest BCUT2D eigenvalue weighted by Gasteiger charge is -2.08. The van der Waals surface area contributed by atoms with E-state index in [9.17, 15) is 18.4 Å². The van der Waals surface area contributed by atoms with Crippen LogP contribution in [0.2, 0.25) is 10.0 Å². The second-order valence-corrected chi connectivity index (χ2v) is 5.19. The van der Waals surface area contributed by atoms with Crippen molar-refractivity contribution >= 4 is 40.8 Å². The highest BCUT2D eigenvalue weighted by molar-refractivity contribution is 6.42. The molecule has 2 rings (SSSR count). The number of hydrogen-bond acceptors (Lipinski definition) is 3. The van der Waals surface area contributed by atoms with Crippen molar-refractivity contribution in [3.8, 4) is 0 Å². The fraction of sp³-hybridized carbons (Fsp3) is 0.0667. The lowest BCUT2D eigenvalue weighted by molar-refractivity contribution is -0.119. The molecule has 4 nitrogen and oxygen atoms in total. The molecule has 120 valence electrons. The second-order valence-electron chi connectivity index (χ2n) is 4.38. The third-order valence-electron chi connectivity index (χ3n) is 2.69. The molecule has 23 heavy (non-hydrogen) atoms. The molecule has 0 unspecified atom stereocenters. The maximum absolute atomic E-state index is 13.4. The topological polar surface area (TPSA) is 55.4 Å². The Kier molecular flexibility index (Phi) is 5.52. The summed E-state index contributed by atoms with van der Waals surface area (Å²) in [5.74, 6) is -3.62. The van der Waals surface area contributed by atoms with Gasteiger partial charge in [0.05, 0.1) is 15.6 Å². The maximum atomic E-state index is 13.4. The van der Waals surface area contributed by atoms with E-state index < -0.39 is 35.7 Å². The molecule has 1 amide bonds. The first kappa shape index (κ1) is 17.2. The van der Waals surface area contributed by atoms with Gasteiger partial charge in [-0.1, -0.05) is 23.2 Å². The number of ether oxygens (including phenoxy) is 1. The largest absolute Gasteiger partial charge is 0.452 e. The Hall–Kier alpha value is -2.18. The molecule has 2 aromatic rings. The average Bonchev–Trinajstić information content (AvgIpc) is 2.48. The van der Waals surface area contributed by atoms with Gasteiger partial charge in [-0.25, -0.2) is 13.6 Å². The van der Waals surface area contributed by atoms with Gasteiger partial charge < -0.3 is 10.1 Å². The van der Waals surface area contributed by atoms with Crippen LogP contribution >= 0.6 is 23.2 Å². The van der Waals surface area contributed by atoms with Crippen molar-refractivity contribution in [3.05, 3.63) is 63.6 Å². The number of benzene rings is 2. The molecule has 0 saturated carbocycles. The molecular formula is C15H9Cl2F2NO3. The van der Waals surface area contributed by atoms with Crippen molar-refractivity contribution in [2.45, 2.75) is 0 Å². The van der Waals surface area contributed by atoms with Crippen LogP contribution in [0.5, 0.6) is 0 Å². The number of amides is 1. The monoisotopic (exact) mass is 359 g/mol. The number of hydrogen-bond donors (Lipinski definition) is 1. The number of rotatable bonds is 4. The van der Waals surface area contributed by atoms with Crippen LogP contribution in [-0.4, -0.2) is 18.5 Å². The summed E-state index contributed by atoms with van der Waals surface area (Å²) >= 11 is 11.5. The highest BCUT2D eigenvalue weighted by atomic mass is 35.5. The number of nitrogens with one attached hydrogen (secondary N) is 1. The molecule has 0 aromatic heterocycles. The van der Waals surface area contributed by atoms with Gasteiger partial charge in [-0.3, -0.25) is 4.79 Å². The first-order valence-electron chi connectivity index (χ1n) is 6.24. The van der Waals surface area contributed by atoms with Gasteiger partial charge in [0.2, 0.25) is 0 Å². The van der Waals surface area contributed by atoms with E-state index in [0.29, 0.717) is 16.8 Å². The molecule has 0 spiro atoms. The van der Waals surface area contributed by atoms with E-state index in [1.165, 1.54) is 18.2 Å². The molecule has 0 aliphatic carbocycles. The van der Waals surface area contributed by atoms with Crippen molar-refractivity contribution in [3.63, 3.8) is 0 Å². The van der Waals surface area contributed by atoms with Crippen molar-refractivity contribution in [1.82, 2.24) is 0 Å². The van der Waals surface area contributed by atoms with Crippen molar-refractivity contribution in [2.75, 3.05) is 11.9 Å². The molecule has 0 aliphatic rings. The van der Waals surface area contributed by atoms with Crippen LogP contribution in [0.15, 0.2) is 36.4 Å².